The minimum atomic E-state index is -0.420. The minimum absolute atomic E-state index is 0. The number of halogens is 1. The van der Waals surface area contributed by atoms with Crippen LogP contribution in [0.4, 0.5) is 5.69 Å². The van der Waals surface area contributed by atoms with Gasteiger partial charge in [-0.1, -0.05) is 19.1 Å². The lowest BCUT2D eigenvalue weighted by molar-refractivity contribution is -0.384. The molecule has 1 aliphatic rings. The molecule has 1 aromatic rings. The van der Waals surface area contributed by atoms with E-state index in [0.717, 1.165) is 18.7 Å². The van der Waals surface area contributed by atoms with Crippen LogP contribution in [-0.2, 0) is 4.79 Å². The molecule has 7 heteroatoms. The van der Waals surface area contributed by atoms with Gasteiger partial charge in [-0.15, -0.1) is 12.4 Å². The molecule has 1 aliphatic heterocycles. The van der Waals surface area contributed by atoms with Gasteiger partial charge in [0.15, 0.2) is 0 Å². The Hall–Kier alpha value is -1.66. The van der Waals surface area contributed by atoms with E-state index in [9.17, 15) is 14.9 Å². The predicted octanol–water partition coefficient (Wildman–Crippen LogP) is 3.22. The molecule has 0 bridgehead atoms. The van der Waals surface area contributed by atoms with Crippen LogP contribution >= 0.6 is 12.4 Å². The first-order valence-electron chi connectivity index (χ1n) is 8.22. The molecule has 1 heterocycles. The fourth-order valence-corrected chi connectivity index (χ4v) is 3.12. The molecule has 6 nitrogen and oxygen atoms in total. The summed E-state index contributed by atoms with van der Waals surface area (Å²) in [6.45, 7) is 6.02. The first-order chi connectivity index (χ1) is 11.0. The molecule has 0 radical (unpaired) electrons. The molecule has 1 aromatic carbocycles. The van der Waals surface area contributed by atoms with Crippen LogP contribution in [-0.4, -0.2) is 23.9 Å². The molecule has 2 rings (SSSR count). The summed E-state index contributed by atoms with van der Waals surface area (Å²) in [6, 6.07) is 6.17. The maximum Gasteiger partial charge on any atom is 0.269 e. The number of nitrogens with one attached hydrogen (secondary N) is 2. The number of nitro groups is 1. The highest BCUT2D eigenvalue weighted by Crippen LogP contribution is 2.23. The number of nitrogens with zero attached hydrogens (tertiary/aromatic N) is 1. The van der Waals surface area contributed by atoms with Crippen LogP contribution in [0.25, 0.3) is 0 Å². The van der Waals surface area contributed by atoms with E-state index in [1.807, 2.05) is 6.92 Å². The third kappa shape index (κ3) is 5.76. The standard InChI is InChI=1S/C17H25N3O3.ClH/c1-12(15-6-4-8-18-11-15)9-17(21)19-13(2)14-5-3-7-16(10-14)20(22)23;/h3,5,7,10,12-13,15,18H,4,6,8-9,11H2,1-2H3,(H,19,21);1H. The molecule has 0 saturated carbocycles. The van der Waals surface area contributed by atoms with E-state index >= 15 is 0 Å². The average Bonchev–Trinajstić information content (AvgIpc) is 2.55. The van der Waals surface area contributed by atoms with Crippen LogP contribution in [0.15, 0.2) is 24.3 Å². The fourth-order valence-electron chi connectivity index (χ4n) is 3.12. The van der Waals surface area contributed by atoms with Gasteiger partial charge in [0.05, 0.1) is 11.0 Å². The number of hydrogen-bond acceptors (Lipinski definition) is 4. The summed E-state index contributed by atoms with van der Waals surface area (Å²) in [6.07, 6.45) is 2.83. The second-order valence-electron chi connectivity index (χ2n) is 6.43. The van der Waals surface area contributed by atoms with Gasteiger partial charge < -0.3 is 10.6 Å². The molecular formula is C17H26ClN3O3. The summed E-state index contributed by atoms with van der Waals surface area (Å²) >= 11 is 0. The van der Waals surface area contributed by atoms with E-state index in [-0.39, 0.29) is 30.0 Å². The second kappa shape index (κ2) is 9.59. The van der Waals surface area contributed by atoms with E-state index in [0.29, 0.717) is 18.3 Å². The largest absolute Gasteiger partial charge is 0.350 e. The molecule has 0 spiro atoms. The molecule has 1 amide bonds. The molecular weight excluding hydrogens is 330 g/mol. The van der Waals surface area contributed by atoms with Gasteiger partial charge in [0.25, 0.3) is 5.69 Å². The second-order valence-corrected chi connectivity index (χ2v) is 6.43. The highest BCUT2D eigenvalue weighted by Gasteiger charge is 2.22. The van der Waals surface area contributed by atoms with Crippen LogP contribution in [0.1, 0.15) is 44.7 Å². The van der Waals surface area contributed by atoms with E-state index in [1.165, 1.54) is 25.0 Å². The van der Waals surface area contributed by atoms with Crippen LogP contribution in [0.2, 0.25) is 0 Å². The highest BCUT2D eigenvalue weighted by molar-refractivity contribution is 5.85. The Morgan fingerprint density at radius 1 is 1.46 bits per heavy atom. The Morgan fingerprint density at radius 2 is 2.21 bits per heavy atom. The summed E-state index contributed by atoms with van der Waals surface area (Å²) < 4.78 is 0. The van der Waals surface area contributed by atoms with Gasteiger partial charge in [-0.25, -0.2) is 0 Å². The topological polar surface area (TPSA) is 84.3 Å². The molecule has 0 aromatic heterocycles. The Morgan fingerprint density at radius 3 is 2.83 bits per heavy atom. The molecule has 1 saturated heterocycles. The number of rotatable bonds is 6. The van der Waals surface area contributed by atoms with Crippen molar-refractivity contribution in [2.75, 3.05) is 13.1 Å². The quantitative estimate of drug-likeness (QED) is 0.606. The summed E-state index contributed by atoms with van der Waals surface area (Å²) in [7, 11) is 0. The first kappa shape index (κ1) is 20.4. The van der Waals surface area contributed by atoms with Crippen molar-refractivity contribution in [3.8, 4) is 0 Å². The Kier molecular flexibility index (Phi) is 8.15. The van der Waals surface area contributed by atoms with Crippen LogP contribution in [0.3, 0.4) is 0 Å². The molecule has 1 fully saturated rings. The van der Waals surface area contributed by atoms with Crippen molar-refractivity contribution in [1.82, 2.24) is 10.6 Å². The summed E-state index contributed by atoms with van der Waals surface area (Å²) in [5, 5.41) is 17.2. The van der Waals surface area contributed by atoms with Crippen molar-refractivity contribution in [2.45, 2.75) is 39.2 Å². The van der Waals surface area contributed by atoms with Crippen LogP contribution in [0, 0.1) is 22.0 Å². The van der Waals surface area contributed by atoms with Crippen molar-refractivity contribution in [2.24, 2.45) is 11.8 Å². The molecule has 3 unspecified atom stereocenters. The van der Waals surface area contributed by atoms with E-state index in [2.05, 4.69) is 17.6 Å². The minimum Gasteiger partial charge on any atom is -0.350 e. The lowest BCUT2D eigenvalue weighted by Gasteiger charge is -2.28. The fraction of sp³-hybridized carbons (Fsp3) is 0.588. The van der Waals surface area contributed by atoms with Gasteiger partial charge in [-0.05, 0) is 50.3 Å². The zero-order chi connectivity index (χ0) is 16.8. The number of hydrogen-bond donors (Lipinski definition) is 2. The third-order valence-corrected chi connectivity index (χ3v) is 4.61. The van der Waals surface area contributed by atoms with E-state index in [4.69, 9.17) is 0 Å². The lowest BCUT2D eigenvalue weighted by Crippen LogP contribution is -2.36. The molecule has 24 heavy (non-hydrogen) atoms. The van der Waals surface area contributed by atoms with Gasteiger partial charge >= 0.3 is 0 Å². The lowest BCUT2D eigenvalue weighted by atomic mass is 9.85. The number of carbonyl (C=O) groups is 1. The molecule has 3 atom stereocenters. The molecule has 134 valence electrons. The van der Waals surface area contributed by atoms with Gasteiger partial charge in [0.2, 0.25) is 5.91 Å². The average molecular weight is 356 g/mol. The normalized spacial score (nSPS) is 19.7. The first-order valence-corrected chi connectivity index (χ1v) is 8.22. The van der Waals surface area contributed by atoms with Crippen LogP contribution in [0.5, 0.6) is 0 Å². The third-order valence-electron chi connectivity index (χ3n) is 4.61. The number of non-ortho nitro benzene ring substituents is 1. The number of amides is 1. The van der Waals surface area contributed by atoms with Crippen molar-refractivity contribution in [1.29, 1.82) is 0 Å². The Bertz CT molecular complexity index is 562. The number of carbonyl (C=O) groups excluding carboxylic acids is 1. The van der Waals surface area contributed by atoms with Crippen molar-refractivity contribution >= 4 is 24.0 Å². The van der Waals surface area contributed by atoms with E-state index in [1.54, 1.807) is 12.1 Å². The number of nitro benzene ring substituents is 1. The van der Waals surface area contributed by atoms with Crippen molar-refractivity contribution in [3.63, 3.8) is 0 Å². The molecule has 0 aliphatic carbocycles. The highest BCUT2D eigenvalue weighted by atomic mass is 35.5. The summed E-state index contributed by atoms with van der Waals surface area (Å²) in [5.41, 5.74) is 0.796. The summed E-state index contributed by atoms with van der Waals surface area (Å²) in [4.78, 5) is 22.6. The maximum absolute atomic E-state index is 12.2. The summed E-state index contributed by atoms with van der Waals surface area (Å²) in [5.74, 6) is 0.879. The van der Waals surface area contributed by atoms with Crippen LogP contribution < -0.4 is 10.6 Å². The van der Waals surface area contributed by atoms with Crippen molar-refractivity contribution in [3.05, 3.63) is 39.9 Å². The Balaban J connectivity index is 0.00000288. The van der Waals surface area contributed by atoms with Gasteiger partial charge in [-0.3, -0.25) is 14.9 Å². The van der Waals surface area contributed by atoms with E-state index < -0.39 is 4.92 Å². The smallest absolute Gasteiger partial charge is 0.269 e. The SMILES string of the molecule is CC(NC(=O)CC(C)C1CCCNC1)c1cccc([N+](=O)[O-])c1.Cl. The predicted molar refractivity (Wildman–Crippen MR) is 96.3 cm³/mol. The van der Waals surface area contributed by atoms with Gasteiger partial charge in [0, 0.05) is 18.6 Å². The zero-order valence-corrected chi connectivity index (χ0v) is 15.0. The zero-order valence-electron chi connectivity index (χ0n) is 14.2. The number of piperidine rings is 1. The number of benzene rings is 1. The molecule has 2 N–H and O–H groups in total. The van der Waals surface area contributed by atoms with Gasteiger partial charge in [0.1, 0.15) is 0 Å². The monoisotopic (exact) mass is 355 g/mol. The van der Waals surface area contributed by atoms with Gasteiger partial charge in [-0.2, -0.15) is 0 Å². The Labute approximate surface area is 149 Å². The van der Waals surface area contributed by atoms with Crippen molar-refractivity contribution < 1.29 is 9.72 Å². The maximum atomic E-state index is 12.2.